The van der Waals surface area contributed by atoms with Gasteiger partial charge in [0.05, 0.1) is 17.8 Å². The summed E-state index contributed by atoms with van der Waals surface area (Å²) in [6.45, 7) is 0. The standard InChI is InChI=1S/C21H16ClN3O2S/c22-15-7-5-13(6-8-15)21(27)24-18-3-1-2-4-19(18)25-28-16-9-10-17-14(11-16)12-20(26)23-17/h1-11,25H,12H2,(H,23,26)(H,24,27). The van der Waals surface area contributed by atoms with Crippen LogP contribution in [0.4, 0.5) is 17.1 Å². The first kappa shape index (κ1) is 18.4. The van der Waals surface area contributed by atoms with Crippen LogP contribution in [0.2, 0.25) is 5.02 Å². The van der Waals surface area contributed by atoms with Crippen molar-refractivity contribution in [1.82, 2.24) is 0 Å². The maximum atomic E-state index is 12.5. The van der Waals surface area contributed by atoms with E-state index in [0.29, 0.717) is 22.7 Å². The lowest BCUT2D eigenvalue weighted by Gasteiger charge is -2.13. The molecular formula is C21H16ClN3O2S. The van der Waals surface area contributed by atoms with E-state index in [0.717, 1.165) is 21.8 Å². The Morgan fingerprint density at radius 3 is 2.54 bits per heavy atom. The second-order valence-electron chi connectivity index (χ2n) is 6.25. The normalized spacial score (nSPS) is 12.2. The molecule has 0 radical (unpaired) electrons. The third-order valence-electron chi connectivity index (χ3n) is 4.26. The number of rotatable bonds is 5. The Labute approximate surface area is 171 Å². The number of carbonyl (C=O) groups excluding carboxylic acids is 2. The van der Waals surface area contributed by atoms with E-state index >= 15 is 0 Å². The molecule has 4 rings (SSSR count). The lowest BCUT2D eigenvalue weighted by atomic mass is 10.2. The molecule has 1 heterocycles. The van der Waals surface area contributed by atoms with Gasteiger partial charge in [-0.25, -0.2) is 0 Å². The van der Waals surface area contributed by atoms with E-state index in [1.54, 1.807) is 24.3 Å². The van der Waals surface area contributed by atoms with Gasteiger partial charge in [0.15, 0.2) is 0 Å². The van der Waals surface area contributed by atoms with Crippen LogP contribution in [0.3, 0.4) is 0 Å². The summed E-state index contributed by atoms with van der Waals surface area (Å²) in [5, 5.41) is 6.33. The van der Waals surface area contributed by atoms with Gasteiger partial charge in [0.25, 0.3) is 5.91 Å². The fraction of sp³-hybridized carbons (Fsp3) is 0.0476. The largest absolute Gasteiger partial charge is 0.326 e. The maximum absolute atomic E-state index is 12.5. The molecule has 2 amide bonds. The summed E-state index contributed by atoms with van der Waals surface area (Å²) in [6.07, 6.45) is 0.400. The summed E-state index contributed by atoms with van der Waals surface area (Å²) >= 11 is 7.30. The average molecular weight is 410 g/mol. The van der Waals surface area contributed by atoms with E-state index in [1.807, 2.05) is 42.5 Å². The minimum absolute atomic E-state index is 0.0142. The Bertz CT molecular complexity index is 1050. The van der Waals surface area contributed by atoms with E-state index in [2.05, 4.69) is 15.4 Å². The zero-order valence-electron chi connectivity index (χ0n) is 14.7. The minimum Gasteiger partial charge on any atom is -0.326 e. The summed E-state index contributed by atoms with van der Waals surface area (Å²) in [4.78, 5) is 25.0. The van der Waals surface area contributed by atoms with Gasteiger partial charge in [-0.05, 0) is 72.1 Å². The van der Waals surface area contributed by atoms with Crippen molar-refractivity contribution in [3.63, 3.8) is 0 Å². The van der Waals surface area contributed by atoms with E-state index in [4.69, 9.17) is 11.6 Å². The topological polar surface area (TPSA) is 70.2 Å². The molecule has 0 saturated carbocycles. The van der Waals surface area contributed by atoms with Crippen molar-refractivity contribution >= 4 is 52.4 Å². The van der Waals surface area contributed by atoms with Gasteiger partial charge in [-0.3, -0.25) is 9.59 Å². The average Bonchev–Trinajstić information content (AvgIpc) is 3.07. The molecule has 3 aromatic carbocycles. The van der Waals surface area contributed by atoms with Gasteiger partial charge in [0.1, 0.15) is 0 Å². The fourth-order valence-corrected chi connectivity index (χ4v) is 3.73. The predicted molar refractivity (Wildman–Crippen MR) is 114 cm³/mol. The predicted octanol–water partition coefficient (Wildman–Crippen LogP) is 5.21. The second kappa shape index (κ2) is 7.96. The van der Waals surface area contributed by atoms with Crippen LogP contribution in [0, 0.1) is 0 Å². The van der Waals surface area contributed by atoms with Crippen molar-refractivity contribution in [2.24, 2.45) is 0 Å². The zero-order valence-corrected chi connectivity index (χ0v) is 16.2. The van der Waals surface area contributed by atoms with Crippen molar-refractivity contribution in [2.75, 3.05) is 15.4 Å². The summed E-state index contributed by atoms with van der Waals surface area (Å²) in [5.41, 5.74) is 3.84. The number of halogens is 1. The quantitative estimate of drug-likeness (QED) is 0.506. The molecular weight excluding hydrogens is 394 g/mol. The van der Waals surface area contributed by atoms with E-state index < -0.39 is 0 Å². The Balaban J connectivity index is 1.46. The highest BCUT2D eigenvalue weighted by Gasteiger charge is 2.17. The Morgan fingerprint density at radius 1 is 1.00 bits per heavy atom. The smallest absolute Gasteiger partial charge is 0.255 e. The first-order valence-electron chi connectivity index (χ1n) is 8.60. The first-order valence-corrected chi connectivity index (χ1v) is 9.79. The Kier molecular flexibility index (Phi) is 5.23. The third-order valence-corrected chi connectivity index (χ3v) is 5.33. The van der Waals surface area contributed by atoms with Crippen LogP contribution in [0.1, 0.15) is 15.9 Å². The maximum Gasteiger partial charge on any atom is 0.255 e. The van der Waals surface area contributed by atoms with Crippen molar-refractivity contribution in [3.05, 3.63) is 82.9 Å². The molecule has 0 saturated heterocycles. The van der Waals surface area contributed by atoms with Crippen molar-refractivity contribution in [3.8, 4) is 0 Å². The lowest BCUT2D eigenvalue weighted by Crippen LogP contribution is -2.12. The molecule has 28 heavy (non-hydrogen) atoms. The number of fused-ring (bicyclic) bond motifs is 1. The van der Waals surface area contributed by atoms with Crippen molar-refractivity contribution in [2.45, 2.75) is 11.3 Å². The molecule has 5 nitrogen and oxygen atoms in total. The van der Waals surface area contributed by atoms with Gasteiger partial charge in [-0.2, -0.15) is 0 Å². The molecule has 0 atom stereocenters. The van der Waals surface area contributed by atoms with Gasteiger partial charge in [0.2, 0.25) is 5.91 Å². The number of hydrogen-bond acceptors (Lipinski definition) is 4. The van der Waals surface area contributed by atoms with Gasteiger partial charge in [-0.15, -0.1) is 0 Å². The Morgan fingerprint density at radius 2 is 1.75 bits per heavy atom. The van der Waals surface area contributed by atoms with Gasteiger partial charge in [-0.1, -0.05) is 23.7 Å². The number of carbonyl (C=O) groups is 2. The summed E-state index contributed by atoms with van der Waals surface area (Å²) in [5.74, 6) is -0.196. The summed E-state index contributed by atoms with van der Waals surface area (Å²) in [6, 6.07) is 20.0. The fourth-order valence-electron chi connectivity index (χ4n) is 2.86. The Hall–Kier alpha value is -2.96. The number of amides is 2. The van der Waals surface area contributed by atoms with Crippen LogP contribution in [0.25, 0.3) is 0 Å². The minimum atomic E-state index is -0.210. The van der Waals surface area contributed by atoms with Gasteiger partial charge in [0, 0.05) is 21.2 Å². The molecule has 140 valence electrons. The van der Waals surface area contributed by atoms with E-state index in [9.17, 15) is 9.59 Å². The SMILES string of the molecule is O=C1Cc2cc(SNc3ccccc3NC(=O)c3ccc(Cl)cc3)ccc2N1. The number of hydrogen-bond donors (Lipinski definition) is 3. The van der Waals surface area contributed by atoms with Gasteiger partial charge < -0.3 is 15.4 Å². The molecule has 3 N–H and O–H groups in total. The summed E-state index contributed by atoms with van der Waals surface area (Å²) < 4.78 is 3.27. The van der Waals surface area contributed by atoms with Crippen LogP contribution < -0.4 is 15.4 Å². The number of nitrogens with one attached hydrogen (secondary N) is 3. The molecule has 3 aromatic rings. The molecule has 0 aromatic heterocycles. The molecule has 0 fully saturated rings. The first-order chi connectivity index (χ1) is 13.6. The summed E-state index contributed by atoms with van der Waals surface area (Å²) in [7, 11) is 0. The van der Waals surface area contributed by atoms with Crippen LogP contribution >= 0.6 is 23.5 Å². The van der Waals surface area contributed by atoms with Crippen molar-refractivity contribution < 1.29 is 9.59 Å². The highest BCUT2D eigenvalue weighted by Crippen LogP contribution is 2.31. The molecule has 1 aliphatic rings. The second-order valence-corrected chi connectivity index (χ2v) is 7.57. The van der Waals surface area contributed by atoms with E-state index in [1.165, 1.54) is 11.9 Å². The molecule has 0 bridgehead atoms. The molecule has 1 aliphatic heterocycles. The third kappa shape index (κ3) is 4.13. The zero-order chi connectivity index (χ0) is 19.5. The van der Waals surface area contributed by atoms with Gasteiger partial charge >= 0.3 is 0 Å². The highest BCUT2D eigenvalue weighted by atomic mass is 35.5. The van der Waals surface area contributed by atoms with Crippen LogP contribution in [-0.2, 0) is 11.2 Å². The van der Waals surface area contributed by atoms with Crippen LogP contribution in [-0.4, -0.2) is 11.8 Å². The van der Waals surface area contributed by atoms with Crippen molar-refractivity contribution in [1.29, 1.82) is 0 Å². The highest BCUT2D eigenvalue weighted by molar-refractivity contribution is 8.00. The monoisotopic (exact) mass is 409 g/mol. The van der Waals surface area contributed by atoms with Crippen LogP contribution in [0.15, 0.2) is 71.6 Å². The molecule has 7 heteroatoms. The number of para-hydroxylation sites is 2. The number of benzene rings is 3. The van der Waals surface area contributed by atoms with Crippen LogP contribution in [0.5, 0.6) is 0 Å². The molecule has 0 spiro atoms. The molecule has 0 aliphatic carbocycles. The molecule has 0 unspecified atom stereocenters. The van der Waals surface area contributed by atoms with E-state index in [-0.39, 0.29) is 11.8 Å². The lowest BCUT2D eigenvalue weighted by molar-refractivity contribution is -0.115. The number of anilines is 3.